The summed E-state index contributed by atoms with van der Waals surface area (Å²) in [6.45, 7) is 6.83. The molecule has 0 bridgehead atoms. The summed E-state index contributed by atoms with van der Waals surface area (Å²) in [6, 6.07) is 8.34. The molecule has 0 amide bonds. The number of nitrogens with zero attached hydrogens (tertiary/aromatic N) is 2. The Kier molecular flexibility index (Phi) is 6.31. The molecule has 3 aromatic rings. The fourth-order valence-corrected chi connectivity index (χ4v) is 2.30. The van der Waals surface area contributed by atoms with E-state index in [4.69, 9.17) is 23.0 Å². The minimum atomic E-state index is -0.533. The molecule has 0 radical (unpaired) electrons. The number of carbonyl (C=O) groups excluding carboxylic acids is 1. The van der Waals surface area contributed by atoms with Crippen molar-refractivity contribution in [1.29, 1.82) is 0 Å². The predicted molar refractivity (Wildman–Crippen MR) is 99.1 cm³/mol. The Morgan fingerprint density at radius 3 is 2.71 bits per heavy atom. The van der Waals surface area contributed by atoms with Crippen LogP contribution in [0.25, 0.3) is 11.7 Å². The molecule has 3 rings (SSSR count). The topological polar surface area (TPSA) is 96.8 Å². The fraction of sp³-hybridized carbons (Fsp3) is 0.350. The van der Waals surface area contributed by atoms with E-state index in [0.717, 1.165) is 0 Å². The number of benzene rings is 1. The van der Waals surface area contributed by atoms with Crippen LogP contribution in [0.1, 0.15) is 37.0 Å². The van der Waals surface area contributed by atoms with Crippen molar-refractivity contribution in [3.8, 4) is 23.1 Å². The highest BCUT2D eigenvalue weighted by Crippen LogP contribution is 2.29. The van der Waals surface area contributed by atoms with Crippen molar-refractivity contribution in [1.82, 2.24) is 10.2 Å². The van der Waals surface area contributed by atoms with Gasteiger partial charge in [-0.3, -0.25) is 0 Å². The van der Waals surface area contributed by atoms with Crippen LogP contribution in [-0.4, -0.2) is 29.4 Å². The number of hydrogen-bond donors (Lipinski definition) is 0. The Bertz CT molecular complexity index is 901. The molecule has 0 atom stereocenters. The van der Waals surface area contributed by atoms with E-state index in [9.17, 15) is 4.79 Å². The second-order valence-corrected chi connectivity index (χ2v) is 6.35. The lowest BCUT2D eigenvalue weighted by Gasteiger charge is -2.14. The first-order valence-corrected chi connectivity index (χ1v) is 8.99. The van der Waals surface area contributed by atoms with Gasteiger partial charge in [0.15, 0.2) is 23.9 Å². The fourth-order valence-electron chi connectivity index (χ4n) is 2.30. The van der Waals surface area contributed by atoms with Crippen LogP contribution in [0.3, 0.4) is 0 Å². The molecular formula is C20H22N2O6. The third-order valence-electron chi connectivity index (χ3n) is 3.58. The van der Waals surface area contributed by atoms with Crippen LogP contribution in [0.2, 0.25) is 0 Å². The van der Waals surface area contributed by atoms with Crippen LogP contribution in [0.4, 0.5) is 0 Å². The minimum absolute atomic E-state index is 0.151. The summed E-state index contributed by atoms with van der Waals surface area (Å²) in [7, 11) is 0. The quantitative estimate of drug-likeness (QED) is 0.507. The van der Waals surface area contributed by atoms with Gasteiger partial charge in [-0.2, -0.15) is 0 Å². The zero-order valence-corrected chi connectivity index (χ0v) is 16.0. The normalized spacial score (nSPS) is 10.9. The number of furan rings is 1. The van der Waals surface area contributed by atoms with Crippen LogP contribution in [0.15, 0.2) is 45.4 Å². The molecule has 0 unspecified atom stereocenters. The van der Waals surface area contributed by atoms with Crippen molar-refractivity contribution in [3.63, 3.8) is 0 Å². The number of hydrogen-bond acceptors (Lipinski definition) is 8. The second kappa shape index (κ2) is 9.07. The largest absolute Gasteiger partial charge is 0.490 e. The Hall–Kier alpha value is -3.29. The lowest BCUT2D eigenvalue weighted by Crippen LogP contribution is -2.09. The minimum Gasteiger partial charge on any atom is -0.490 e. The van der Waals surface area contributed by atoms with E-state index in [1.807, 2.05) is 6.92 Å². The van der Waals surface area contributed by atoms with Crippen molar-refractivity contribution < 1.29 is 27.8 Å². The lowest BCUT2D eigenvalue weighted by atomic mass is 10.2. The Balaban J connectivity index is 1.64. The molecule has 148 valence electrons. The van der Waals surface area contributed by atoms with Gasteiger partial charge in [0.2, 0.25) is 0 Å². The smallest absolute Gasteiger partial charge is 0.338 e. The van der Waals surface area contributed by atoms with E-state index >= 15 is 0 Å². The van der Waals surface area contributed by atoms with Gasteiger partial charge >= 0.3 is 5.97 Å². The standard InChI is InChI=1S/C20H22N2O6/c1-4-24-17-10-14(7-8-15(17)26-11-13(2)3)20(23)27-12-18-21-22-19(28-18)16-6-5-9-25-16/h5-10,13H,4,11-12H2,1-3H3. The zero-order valence-electron chi connectivity index (χ0n) is 16.0. The Morgan fingerprint density at radius 1 is 1.14 bits per heavy atom. The van der Waals surface area contributed by atoms with Crippen LogP contribution < -0.4 is 9.47 Å². The first-order chi connectivity index (χ1) is 13.6. The average molecular weight is 386 g/mol. The van der Waals surface area contributed by atoms with Gasteiger partial charge in [-0.15, -0.1) is 10.2 Å². The summed E-state index contributed by atoms with van der Waals surface area (Å²) in [5, 5.41) is 7.70. The maximum Gasteiger partial charge on any atom is 0.338 e. The molecule has 0 saturated heterocycles. The van der Waals surface area contributed by atoms with E-state index in [2.05, 4.69) is 24.0 Å². The lowest BCUT2D eigenvalue weighted by molar-refractivity contribution is 0.0438. The molecule has 0 N–H and O–H groups in total. The molecule has 0 spiro atoms. The molecule has 0 aliphatic carbocycles. The van der Waals surface area contributed by atoms with Crippen LogP contribution in [0.5, 0.6) is 11.5 Å². The summed E-state index contributed by atoms with van der Waals surface area (Å²) in [5.74, 6) is 1.77. The molecule has 8 nitrogen and oxygen atoms in total. The van der Waals surface area contributed by atoms with Gasteiger partial charge in [0.1, 0.15) is 0 Å². The van der Waals surface area contributed by atoms with Crippen LogP contribution in [0, 0.1) is 5.92 Å². The third-order valence-corrected chi connectivity index (χ3v) is 3.58. The number of carbonyl (C=O) groups is 1. The summed E-state index contributed by atoms with van der Waals surface area (Å²) in [6.07, 6.45) is 1.50. The van der Waals surface area contributed by atoms with Crippen molar-refractivity contribution in [2.45, 2.75) is 27.4 Å². The zero-order chi connectivity index (χ0) is 19.9. The first kappa shape index (κ1) is 19.5. The van der Waals surface area contributed by atoms with Gasteiger partial charge in [-0.1, -0.05) is 13.8 Å². The summed E-state index contributed by atoms with van der Waals surface area (Å²) in [4.78, 5) is 12.4. The summed E-state index contributed by atoms with van der Waals surface area (Å²) >= 11 is 0. The van der Waals surface area contributed by atoms with E-state index in [1.54, 1.807) is 30.3 Å². The highest BCUT2D eigenvalue weighted by molar-refractivity contribution is 5.90. The summed E-state index contributed by atoms with van der Waals surface area (Å²) < 4.78 is 27.2. The van der Waals surface area contributed by atoms with Gasteiger partial charge in [-0.05, 0) is 43.2 Å². The van der Waals surface area contributed by atoms with Gasteiger partial charge in [0, 0.05) is 0 Å². The van der Waals surface area contributed by atoms with Gasteiger partial charge in [-0.25, -0.2) is 4.79 Å². The van der Waals surface area contributed by atoms with Crippen LogP contribution >= 0.6 is 0 Å². The van der Waals surface area contributed by atoms with Crippen molar-refractivity contribution >= 4 is 5.97 Å². The van der Waals surface area contributed by atoms with E-state index in [0.29, 0.717) is 42.0 Å². The molecule has 28 heavy (non-hydrogen) atoms. The summed E-state index contributed by atoms with van der Waals surface area (Å²) in [5.41, 5.74) is 0.339. The SMILES string of the molecule is CCOc1cc(C(=O)OCc2nnc(-c3ccco3)o2)ccc1OCC(C)C. The molecular weight excluding hydrogens is 364 g/mol. The Morgan fingerprint density at radius 2 is 2.00 bits per heavy atom. The van der Waals surface area contributed by atoms with Gasteiger partial charge in [0.25, 0.3) is 11.8 Å². The van der Waals surface area contributed by atoms with Crippen molar-refractivity contribution in [3.05, 3.63) is 48.0 Å². The van der Waals surface area contributed by atoms with Gasteiger partial charge in [0.05, 0.1) is 25.0 Å². The highest BCUT2D eigenvalue weighted by atomic mass is 16.5. The maximum atomic E-state index is 12.4. The molecule has 2 aromatic heterocycles. The van der Waals surface area contributed by atoms with Crippen molar-refractivity contribution in [2.75, 3.05) is 13.2 Å². The van der Waals surface area contributed by atoms with E-state index < -0.39 is 5.97 Å². The number of ether oxygens (including phenoxy) is 3. The molecule has 0 fully saturated rings. The molecule has 1 aromatic carbocycles. The Labute approximate surface area is 162 Å². The van der Waals surface area contributed by atoms with Crippen LogP contribution in [-0.2, 0) is 11.3 Å². The third kappa shape index (κ3) is 4.91. The van der Waals surface area contributed by atoms with Crippen molar-refractivity contribution in [2.24, 2.45) is 5.92 Å². The molecule has 0 aliphatic rings. The molecule has 2 heterocycles. The molecule has 0 aliphatic heterocycles. The number of aromatic nitrogens is 2. The molecule has 0 saturated carbocycles. The monoisotopic (exact) mass is 386 g/mol. The first-order valence-electron chi connectivity index (χ1n) is 8.99. The van der Waals surface area contributed by atoms with Gasteiger partial charge < -0.3 is 23.0 Å². The van der Waals surface area contributed by atoms with E-state index in [1.165, 1.54) is 6.26 Å². The second-order valence-electron chi connectivity index (χ2n) is 6.35. The average Bonchev–Trinajstić information content (AvgIpc) is 3.36. The maximum absolute atomic E-state index is 12.4. The number of rotatable bonds is 9. The highest BCUT2D eigenvalue weighted by Gasteiger charge is 2.16. The molecule has 8 heteroatoms. The predicted octanol–water partition coefficient (Wildman–Crippen LogP) is 4.12. The number of esters is 1. The van der Waals surface area contributed by atoms with E-state index in [-0.39, 0.29) is 18.4 Å².